The number of aromatic nitrogens is 2. The maximum atomic E-state index is 5.51. The average molecular weight is 218 g/mol. The molecule has 0 saturated heterocycles. The maximum Gasteiger partial charge on any atom is 0.0809 e. The molecule has 0 unspecified atom stereocenters. The summed E-state index contributed by atoms with van der Waals surface area (Å²) in [6, 6.07) is 15.9. The van der Waals surface area contributed by atoms with Gasteiger partial charge in [-0.15, -0.1) is 6.42 Å². The highest BCUT2D eigenvalue weighted by Crippen LogP contribution is 2.20. The number of hydrogen-bond acceptors (Lipinski definition) is 1. The number of terminal acetylenes is 1. The minimum absolute atomic E-state index is 0.848. The molecule has 1 aromatic heterocycles. The lowest BCUT2D eigenvalue weighted by atomic mass is 10.2. The molecular formula is C15H10N2. The van der Waals surface area contributed by atoms with E-state index in [0.29, 0.717) is 0 Å². The Balaban J connectivity index is 2.32. The van der Waals surface area contributed by atoms with Crippen LogP contribution < -0.4 is 0 Å². The molecule has 0 spiro atoms. The van der Waals surface area contributed by atoms with Crippen LogP contribution >= 0.6 is 0 Å². The molecule has 80 valence electrons. The second-order valence-electron chi connectivity index (χ2n) is 3.78. The Kier molecular flexibility index (Phi) is 2.16. The first-order valence-corrected chi connectivity index (χ1v) is 5.39. The molecular weight excluding hydrogens is 208 g/mol. The van der Waals surface area contributed by atoms with Gasteiger partial charge in [0.15, 0.2) is 0 Å². The first-order chi connectivity index (χ1) is 8.40. The average Bonchev–Trinajstić information content (AvgIpc) is 2.82. The highest BCUT2D eigenvalue weighted by Gasteiger charge is 2.06. The van der Waals surface area contributed by atoms with E-state index in [1.807, 2.05) is 59.4 Å². The first kappa shape index (κ1) is 9.68. The van der Waals surface area contributed by atoms with Gasteiger partial charge in [0, 0.05) is 10.9 Å². The van der Waals surface area contributed by atoms with Gasteiger partial charge >= 0.3 is 0 Å². The van der Waals surface area contributed by atoms with Crippen molar-refractivity contribution < 1.29 is 0 Å². The summed E-state index contributed by atoms with van der Waals surface area (Å²) < 4.78 is 1.88. The zero-order valence-electron chi connectivity index (χ0n) is 9.17. The van der Waals surface area contributed by atoms with E-state index in [9.17, 15) is 0 Å². The lowest BCUT2D eigenvalue weighted by molar-refractivity contribution is 0.908. The van der Waals surface area contributed by atoms with Crippen molar-refractivity contribution in [3.05, 3.63) is 60.3 Å². The van der Waals surface area contributed by atoms with Crippen molar-refractivity contribution in [2.45, 2.75) is 0 Å². The monoisotopic (exact) mass is 218 g/mol. The summed E-state index contributed by atoms with van der Waals surface area (Å²) >= 11 is 0. The Labute approximate surface area is 99.5 Å². The Bertz CT molecular complexity index is 717. The van der Waals surface area contributed by atoms with Crippen LogP contribution in [-0.4, -0.2) is 9.78 Å². The van der Waals surface area contributed by atoms with Crippen molar-refractivity contribution >= 4 is 10.9 Å². The highest BCUT2D eigenvalue weighted by atomic mass is 15.3. The summed E-state index contributed by atoms with van der Waals surface area (Å²) in [4.78, 5) is 0. The van der Waals surface area contributed by atoms with E-state index in [1.54, 1.807) is 0 Å². The number of hydrogen-bond donors (Lipinski definition) is 0. The fraction of sp³-hybridized carbons (Fsp3) is 0. The van der Waals surface area contributed by atoms with Crippen LogP contribution in [0.25, 0.3) is 16.6 Å². The zero-order valence-corrected chi connectivity index (χ0v) is 9.17. The Morgan fingerprint density at radius 1 is 1.00 bits per heavy atom. The molecule has 0 aliphatic rings. The van der Waals surface area contributed by atoms with Gasteiger partial charge in [0.2, 0.25) is 0 Å². The van der Waals surface area contributed by atoms with E-state index in [4.69, 9.17) is 6.42 Å². The molecule has 0 radical (unpaired) electrons. The van der Waals surface area contributed by atoms with E-state index in [0.717, 1.165) is 22.2 Å². The largest absolute Gasteiger partial charge is 0.232 e. The van der Waals surface area contributed by atoms with E-state index < -0.39 is 0 Å². The summed E-state index contributed by atoms with van der Waals surface area (Å²) in [5.41, 5.74) is 2.85. The second kappa shape index (κ2) is 3.80. The minimum atomic E-state index is 0.848. The van der Waals surface area contributed by atoms with Crippen molar-refractivity contribution in [2.24, 2.45) is 0 Å². The fourth-order valence-electron chi connectivity index (χ4n) is 1.94. The van der Waals surface area contributed by atoms with Crippen molar-refractivity contribution in [3.63, 3.8) is 0 Å². The Hall–Kier alpha value is -2.53. The first-order valence-electron chi connectivity index (χ1n) is 5.39. The Morgan fingerprint density at radius 3 is 2.65 bits per heavy atom. The minimum Gasteiger partial charge on any atom is -0.232 e. The van der Waals surface area contributed by atoms with Gasteiger partial charge in [0.1, 0.15) is 0 Å². The number of para-hydroxylation sites is 2. The maximum absolute atomic E-state index is 5.51. The molecule has 0 atom stereocenters. The third-order valence-electron chi connectivity index (χ3n) is 2.76. The van der Waals surface area contributed by atoms with Gasteiger partial charge in [0.25, 0.3) is 0 Å². The van der Waals surface area contributed by atoms with Gasteiger partial charge in [0.05, 0.1) is 17.4 Å². The molecule has 3 aromatic rings. The van der Waals surface area contributed by atoms with Crippen LogP contribution in [0.3, 0.4) is 0 Å². The molecule has 0 amide bonds. The van der Waals surface area contributed by atoms with Crippen LogP contribution in [0.15, 0.2) is 54.7 Å². The summed E-state index contributed by atoms with van der Waals surface area (Å²) in [7, 11) is 0. The van der Waals surface area contributed by atoms with Crippen molar-refractivity contribution in [1.82, 2.24) is 9.78 Å². The van der Waals surface area contributed by atoms with E-state index in [2.05, 4.69) is 11.0 Å². The molecule has 0 bridgehead atoms. The second-order valence-corrected chi connectivity index (χ2v) is 3.78. The Morgan fingerprint density at radius 2 is 1.76 bits per heavy atom. The van der Waals surface area contributed by atoms with E-state index >= 15 is 0 Å². The van der Waals surface area contributed by atoms with Gasteiger partial charge in [-0.3, -0.25) is 0 Å². The topological polar surface area (TPSA) is 17.8 Å². The van der Waals surface area contributed by atoms with Gasteiger partial charge in [-0.1, -0.05) is 36.3 Å². The number of nitrogens with zero attached hydrogens (tertiary/aromatic N) is 2. The van der Waals surface area contributed by atoms with Crippen LogP contribution in [0.2, 0.25) is 0 Å². The fourth-order valence-corrected chi connectivity index (χ4v) is 1.94. The molecule has 3 rings (SSSR count). The van der Waals surface area contributed by atoms with Gasteiger partial charge in [-0.25, -0.2) is 4.68 Å². The quantitative estimate of drug-likeness (QED) is 0.574. The van der Waals surface area contributed by atoms with Crippen molar-refractivity contribution in [2.75, 3.05) is 0 Å². The van der Waals surface area contributed by atoms with Crippen LogP contribution in [0.4, 0.5) is 0 Å². The van der Waals surface area contributed by atoms with Gasteiger partial charge < -0.3 is 0 Å². The molecule has 2 aromatic carbocycles. The molecule has 0 saturated carbocycles. The predicted octanol–water partition coefficient (Wildman–Crippen LogP) is 3.01. The van der Waals surface area contributed by atoms with Crippen LogP contribution in [0.1, 0.15) is 5.56 Å². The lowest BCUT2D eigenvalue weighted by Crippen LogP contribution is -1.98. The summed E-state index contributed by atoms with van der Waals surface area (Å²) in [5.74, 6) is 2.69. The van der Waals surface area contributed by atoms with Gasteiger partial charge in [-0.05, 0) is 18.2 Å². The predicted molar refractivity (Wildman–Crippen MR) is 69.0 cm³/mol. The summed E-state index contributed by atoms with van der Waals surface area (Å²) in [5, 5.41) is 5.51. The molecule has 1 heterocycles. The van der Waals surface area contributed by atoms with E-state index in [1.165, 1.54) is 0 Å². The normalized spacial score (nSPS) is 10.3. The third-order valence-corrected chi connectivity index (χ3v) is 2.76. The molecule has 0 fully saturated rings. The number of rotatable bonds is 1. The lowest BCUT2D eigenvalue weighted by Gasteiger charge is -2.05. The smallest absolute Gasteiger partial charge is 0.0809 e. The molecule has 2 nitrogen and oxygen atoms in total. The van der Waals surface area contributed by atoms with Crippen LogP contribution in [-0.2, 0) is 0 Å². The standard InChI is InChI=1S/C15H10N2/c1-2-12-7-3-5-9-14(12)17-15-10-6-4-8-13(15)11-16-17/h1,3-11H. The van der Waals surface area contributed by atoms with Crippen LogP contribution in [0, 0.1) is 12.3 Å². The molecule has 2 heteroatoms. The number of benzene rings is 2. The number of fused-ring (bicyclic) bond motifs is 1. The summed E-state index contributed by atoms with van der Waals surface area (Å²) in [6.07, 6.45) is 7.36. The van der Waals surface area contributed by atoms with E-state index in [-0.39, 0.29) is 0 Å². The molecule has 0 aliphatic heterocycles. The van der Waals surface area contributed by atoms with Gasteiger partial charge in [-0.2, -0.15) is 5.10 Å². The summed E-state index contributed by atoms with van der Waals surface area (Å²) in [6.45, 7) is 0. The highest BCUT2D eigenvalue weighted by molar-refractivity contribution is 5.80. The van der Waals surface area contributed by atoms with Crippen molar-refractivity contribution in [3.8, 4) is 18.0 Å². The third kappa shape index (κ3) is 1.49. The molecule has 17 heavy (non-hydrogen) atoms. The SMILES string of the molecule is C#Cc1ccccc1-n1ncc2ccccc21. The molecule has 0 N–H and O–H groups in total. The zero-order chi connectivity index (χ0) is 11.7. The van der Waals surface area contributed by atoms with Crippen LogP contribution in [0.5, 0.6) is 0 Å². The molecule has 0 aliphatic carbocycles. The van der Waals surface area contributed by atoms with Crippen molar-refractivity contribution in [1.29, 1.82) is 0 Å².